The minimum atomic E-state index is -0.389. The van der Waals surface area contributed by atoms with Gasteiger partial charge in [0.1, 0.15) is 12.2 Å². The van der Waals surface area contributed by atoms with Crippen LogP contribution in [-0.4, -0.2) is 41.2 Å². The molecule has 3 rings (SSSR count). The highest BCUT2D eigenvalue weighted by Gasteiger charge is 2.14. The highest BCUT2D eigenvalue weighted by atomic mass is 16.5. The molecule has 0 saturated heterocycles. The highest BCUT2D eigenvalue weighted by molar-refractivity contribution is 6.06. The molecule has 0 aliphatic rings. The van der Waals surface area contributed by atoms with Crippen molar-refractivity contribution < 1.29 is 14.3 Å². The van der Waals surface area contributed by atoms with Crippen LogP contribution in [0.2, 0.25) is 0 Å². The van der Waals surface area contributed by atoms with Gasteiger partial charge < -0.3 is 19.8 Å². The summed E-state index contributed by atoms with van der Waals surface area (Å²) in [7, 11) is 1.56. The van der Waals surface area contributed by atoms with Gasteiger partial charge in [0.2, 0.25) is 5.88 Å². The quantitative estimate of drug-likeness (QED) is 0.660. The van der Waals surface area contributed by atoms with Gasteiger partial charge in [-0.1, -0.05) is 0 Å². The third kappa shape index (κ3) is 3.81. The Hall–Kier alpha value is -3.26. The topological polar surface area (TPSA) is 106 Å². The van der Waals surface area contributed by atoms with Gasteiger partial charge in [0, 0.05) is 19.0 Å². The van der Waals surface area contributed by atoms with E-state index in [1.54, 1.807) is 43.6 Å². The molecule has 2 heterocycles. The average molecular weight is 340 g/mol. The number of carbonyl (C=O) groups excluding carboxylic acids is 1. The van der Waals surface area contributed by atoms with Crippen molar-refractivity contribution in [1.82, 2.24) is 15.0 Å². The number of aromatic amines is 1. The van der Waals surface area contributed by atoms with E-state index >= 15 is 0 Å². The number of aromatic nitrogens is 3. The van der Waals surface area contributed by atoms with Gasteiger partial charge in [-0.15, -0.1) is 0 Å². The predicted octanol–water partition coefficient (Wildman–Crippen LogP) is 1.60. The normalized spacial score (nSPS) is 10.6. The van der Waals surface area contributed by atoms with E-state index in [4.69, 9.17) is 9.47 Å². The van der Waals surface area contributed by atoms with E-state index in [9.17, 15) is 9.59 Å². The van der Waals surface area contributed by atoms with E-state index in [2.05, 4.69) is 20.3 Å². The Morgan fingerprint density at radius 1 is 1.24 bits per heavy atom. The molecule has 3 aromatic rings. The number of nitrogens with zero attached hydrogens (tertiary/aromatic N) is 2. The van der Waals surface area contributed by atoms with Gasteiger partial charge in [-0.2, -0.15) is 0 Å². The molecule has 25 heavy (non-hydrogen) atoms. The number of rotatable bonds is 6. The molecule has 0 aliphatic carbocycles. The van der Waals surface area contributed by atoms with E-state index in [-0.39, 0.29) is 24.0 Å². The second-order valence-corrected chi connectivity index (χ2v) is 5.12. The largest absolute Gasteiger partial charge is 0.475 e. The maximum atomic E-state index is 12.5. The molecule has 0 saturated carbocycles. The van der Waals surface area contributed by atoms with Gasteiger partial charge in [-0.3, -0.25) is 9.59 Å². The van der Waals surface area contributed by atoms with Crippen LogP contribution in [0.5, 0.6) is 5.88 Å². The third-order valence-electron chi connectivity index (χ3n) is 3.44. The first-order chi connectivity index (χ1) is 12.2. The molecule has 8 nitrogen and oxygen atoms in total. The lowest BCUT2D eigenvalue weighted by Crippen LogP contribution is -2.16. The Kier molecular flexibility index (Phi) is 5.00. The molecule has 0 spiro atoms. The minimum absolute atomic E-state index is 0.220. The molecule has 2 aromatic heterocycles. The molecular formula is C17H16N4O4. The van der Waals surface area contributed by atoms with Crippen LogP contribution in [0.3, 0.4) is 0 Å². The van der Waals surface area contributed by atoms with Gasteiger partial charge in [0.15, 0.2) is 0 Å². The first-order valence-electron chi connectivity index (χ1n) is 7.54. The number of methoxy groups -OCH3 is 1. The molecule has 0 unspecified atom stereocenters. The molecule has 2 N–H and O–H groups in total. The van der Waals surface area contributed by atoms with Crippen molar-refractivity contribution in [3.63, 3.8) is 0 Å². The number of nitrogens with one attached hydrogen (secondary N) is 2. The maximum Gasteiger partial charge on any atom is 0.261 e. The molecule has 0 aliphatic heterocycles. The van der Waals surface area contributed by atoms with E-state index < -0.39 is 0 Å². The summed E-state index contributed by atoms with van der Waals surface area (Å²) in [6.07, 6.45) is 2.88. The van der Waals surface area contributed by atoms with Crippen molar-refractivity contribution in [2.45, 2.75) is 0 Å². The van der Waals surface area contributed by atoms with Crippen LogP contribution in [0.1, 0.15) is 10.4 Å². The fourth-order valence-electron chi connectivity index (χ4n) is 2.25. The molecule has 0 radical (unpaired) electrons. The zero-order valence-electron chi connectivity index (χ0n) is 13.5. The first kappa shape index (κ1) is 16.6. The van der Waals surface area contributed by atoms with Crippen molar-refractivity contribution in [2.24, 2.45) is 0 Å². The molecule has 8 heteroatoms. The van der Waals surface area contributed by atoms with Gasteiger partial charge in [-0.25, -0.2) is 9.97 Å². The summed E-state index contributed by atoms with van der Waals surface area (Å²) >= 11 is 0. The van der Waals surface area contributed by atoms with Crippen LogP contribution in [0.4, 0.5) is 5.69 Å². The first-order valence-corrected chi connectivity index (χ1v) is 7.54. The third-order valence-corrected chi connectivity index (χ3v) is 3.44. The van der Waals surface area contributed by atoms with Gasteiger partial charge in [-0.05, 0) is 30.3 Å². The predicted molar refractivity (Wildman–Crippen MR) is 91.9 cm³/mol. The molecular weight excluding hydrogens is 324 g/mol. The second kappa shape index (κ2) is 7.54. The summed E-state index contributed by atoms with van der Waals surface area (Å²) in [5.74, 6) is -0.169. The van der Waals surface area contributed by atoms with Crippen LogP contribution in [0.15, 0.2) is 47.7 Å². The minimum Gasteiger partial charge on any atom is -0.475 e. The molecule has 0 bridgehead atoms. The van der Waals surface area contributed by atoms with Crippen molar-refractivity contribution in [3.8, 4) is 5.88 Å². The number of hydrogen-bond donors (Lipinski definition) is 2. The van der Waals surface area contributed by atoms with Crippen LogP contribution in [-0.2, 0) is 4.74 Å². The number of H-pyrrole nitrogens is 1. The van der Waals surface area contributed by atoms with E-state index in [1.165, 1.54) is 6.33 Å². The summed E-state index contributed by atoms with van der Waals surface area (Å²) in [5, 5.41) is 3.13. The van der Waals surface area contributed by atoms with Gasteiger partial charge >= 0.3 is 0 Å². The number of benzene rings is 1. The number of amides is 1. The lowest BCUT2D eigenvalue weighted by Gasteiger charge is -2.10. The van der Waals surface area contributed by atoms with Gasteiger partial charge in [0.25, 0.3) is 11.5 Å². The zero-order valence-corrected chi connectivity index (χ0v) is 13.5. The van der Waals surface area contributed by atoms with E-state index in [0.29, 0.717) is 28.8 Å². The van der Waals surface area contributed by atoms with Crippen molar-refractivity contribution in [1.29, 1.82) is 0 Å². The monoisotopic (exact) mass is 340 g/mol. The SMILES string of the molecule is COCCOc1ncccc1C(=O)Nc1ccc2nc[nH]c(=O)c2c1. The van der Waals surface area contributed by atoms with Crippen LogP contribution in [0, 0.1) is 0 Å². The van der Waals surface area contributed by atoms with Crippen molar-refractivity contribution in [2.75, 3.05) is 25.6 Å². The summed E-state index contributed by atoms with van der Waals surface area (Å²) in [4.78, 5) is 35.0. The Labute approximate surface area is 142 Å². The lowest BCUT2D eigenvalue weighted by atomic mass is 10.2. The molecule has 0 atom stereocenters. The smallest absolute Gasteiger partial charge is 0.261 e. The molecule has 128 valence electrons. The van der Waals surface area contributed by atoms with Crippen LogP contribution < -0.4 is 15.6 Å². The summed E-state index contributed by atoms with van der Waals surface area (Å²) in [5.41, 5.74) is 1.04. The second-order valence-electron chi connectivity index (χ2n) is 5.12. The van der Waals surface area contributed by atoms with E-state index in [0.717, 1.165) is 0 Å². The number of fused-ring (bicyclic) bond motifs is 1. The zero-order chi connectivity index (χ0) is 17.6. The number of ether oxygens (including phenoxy) is 2. The Morgan fingerprint density at radius 2 is 2.12 bits per heavy atom. The van der Waals surface area contributed by atoms with Crippen molar-refractivity contribution in [3.05, 3.63) is 58.8 Å². The highest BCUT2D eigenvalue weighted by Crippen LogP contribution is 2.18. The molecule has 0 fully saturated rings. The fraction of sp³-hybridized carbons (Fsp3) is 0.176. The van der Waals surface area contributed by atoms with Crippen LogP contribution in [0.25, 0.3) is 10.9 Å². The number of hydrogen-bond acceptors (Lipinski definition) is 6. The average Bonchev–Trinajstić information content (AvgIpc) is 2.63. The van der Waals surface area contributed by atoms with Crippen LogP contribution >= 0.6 is 0 Å². The Morgan fingerprint density at radius 3 is 2.96 bits per heavy atom. The fourth-order valence-corrected chi connectivity index (χ4v) is 2.25. The summed E-state index contributed by atoms with van der Waals surface area (Å²) in [6.45, 7) is 0.670. The Bertz CT molecular complexity index is 955. The standard InChI is InChI=1S/C17H16N4O4/c1-24-7-8-25-17-12(3-2-6-18-17)16(23)21-11-4-5-14-13(9-11)15(22)20-10-19-14/h2-6,9-10H,7-8H2,1H3,(H,21,23)(H,19,20,22). The van der Waals surface area contributed by atoms with E-state index in [1.807, 2.05) is 0 Å². The molecule has 1 aromatic carbocycles. The number of pyridine rings is 1. The number of carbonyl (C=O) groups is 1. The summed E-state index contributed by atoms with van der Waals surface area (Å²) in [6, 6.07) is 8.17. The molecule has 1 amide bonds. The maximum absolute atomic E-state index is 12.5. The van der Waals surface area contributed by atoms with Crippen molar-refractivity contribution >= 4 is 22.5 Å². The Balaban J connectivity index is 1.83. The summed E-state index contributed by atoms with van der Waals surface area (Å²) < 4.78 is 10.4. The lowest BCUT2D eigenvalue weighted by molar-refractivity contribution is 0.101. The number of anilines is 1. The van der Waals surface area contributed by atoms with Gasteiger partial charge in [0.05, 0.1) is 23.8 Å².